The van der Waals surface area contributed by atoms with Crippen LogP contribution in [-0.2, 0) is 6.42 Å². The largest absolute Gasteiger partial charge is 0.494 e. The van der Waals surface area contributed by atoms with Crippen LogP contribution in [0.25, 0.3) is 11.1 Å². The number of benzene rings is 3. The molecule has 146 valence electrons. The van der Waals surface area contributed by atoms with Crippen molar-refractivity contribution < 1.29 is 13.9 Å². The molecule has 0 saturated heterocycles. The van der Waals surface area contributed by atoms with Crippen LogP contribution in [0.3, 0.4) is 0 Å². The molecule has 4 rings (SSSR count). The standard InChI is InChI=1S/C22H16Cl2N2O3/c1-28-21-16(10-14(23)11-17(21)24)22(27)25-15-7-8-19-18(12-15)26-20(29-19)9-13-5-3-2-4-6-13/h2-8,10-12H,9H2,1H3,(H,25,27). The Morgan fingerprint density at radius 3 is 2.66 bits per heavy atom. The fourth-order valence-corrected chi connectivity index (χ4v) is 3.60. The summed E-state index contributed by atoms with van der Waals surface area (Å²) in [5, 5.41) is 3.43. The average Bonchev–Trinajstić information content (AvgIpc) is 3.09. The van der Waals surface area contributed by atoms with Crippen molar-refractivity contribution in [3.8, 4) is 5.75 Å². The Labute approximate surface area is 177 Å². The first-order valence-electron chi connectivity index (χ1n) is 8.81. The van der Waals surface area contributed by atoms with Gasteiger partial charge in [-0.3, -0.25) is 4.79 Å². The first-order chi connectivity index (χ1) is 14.0. The number of rotatable bonds is 5. The van der Waals surface area contributed by atoms with E-state index in [1.807, 2.05) is 30.3 Å². The number of hydrogen-bond acceptors (Lipinski definition) is 4. The molecule has 0 aliphatic heterocycles. The minimum absolute atomic E-state index is 0.245. The number of methoxy groups -OCH3 is 1. The number of oxazole rings is 1. The molecule has 5 nitrogen and oxygen atoms in total. The molecule has 0 spiro atoms. The lowest BCUT2D eigenvalue weighted by atomic mass is 10.1. The summed E-state index contributed by atoms with van der Waals surface area (Å²) in [6.07, 6.45) is 0.593. The second kappa shape index (κ2) is 8.15. The van der Waals surface area contributed by atoms with Crippen molar-refractivity contribution in [3.05, 3.63) is 87.7 Å². The third kappa shape index (κ3) is 4.21. The summed E-state index contributed by atoms with van der Waals surface area (Å²) in [5.74, 6) is 0.484. The number of amides is 1. The number of ether oxygens (including phenoxy) is 1. The van der Waals surface area contributed by atoms with E-state index in [2.05, 4.69) is 10.3 Å². The van der Waals surface area contributed by atoms with Gasteiger partial charge in [0.1, 0.15) is 11.3 Å². The number of aromatic nitrogens is 1. The Kier molecular flexibility index (Phi) is 5.43. The van der Waals surface area contributed by atoms with Crippen LogP contribution in [0.5, 0.6) is 5.75 Å². The lowest BCUT2D eigenvalue weighted by molar-refractivity contribution is 0.102. The maximum absolute atomic E-state index is 12.7. The van der Waals surface area contributed by atoms with Gasteiger partial charge in [-0.15, -0.1) is 0 Å². The van der Waals surface area contributed by atoms with E-state index in [1.54, 1.807) is 18.2 Å². The van der Waals surface area contributed by atoms with Crippen LogP contribution in [0.15, 0.2) is 65.1 Å². The number of nitrogens with one attached hydrogen (secondary N) is 1. The number of carbonyl (C=O) groups is 1. The Balaban J connectivity index is 1.58. The van der Waals surface area contributed by atoms with E-state index in [1.165, 1.54) is 19.2 Å². The number of fused-ring (bicyclic) bond motifs is 1. The highest BCUT2D eigenvalue weighted by atomic mass is 35.5. The first-order valence-corrected chi connectivity index (χ1v) is 9.57. The van der Waals surface area contributed by atoms with Crippen molar-refractivity contribution >= 4 is 45.9 Å². The number of hydrogen-bond donors (Lipinski definition) is 1. The number of anilines is 1. The molecule has 0 bridgehead atoms. The van der Waals surface area contributed by atoms with E-state index < -0.39 is 5.91 Å². The lowest BCUT2D eigenvalue weighted by Crippen LogP contribution is -2.13. The van der Waals surface area contributed by atoms with Crippen molar-refractivity contribution in [1.29, 1.82) is 0 Å². The molecule has 0 aliphatic rings. The van der Waals surface area contributed by atoms with Crippen molar-refractivity contribution in [2.45, 2.75) is 6.42 Å². The predicted octanol–water partition coefficient (Wildman–Crippen LogP) is 5.99. The summed E-state index contributed by atoms with van der Waals surface area (Å²) >= 11 is 12.1. The van der Waals surface area contributed by atoms with E-state index in [4.69, 9.17) is 32.4 Å². The maximum atomic E-state index is 12.7. The SMILES string of the molecule is COc1c(Cl)cc(Cl)cc1C(=O)Nc1ccc2oc(Cc3ccccc3)nc2c1. The zero-order chi connectivity index (χ0) is 20.4. The maximum Gasteiger partial charge on any atom is 0.259 e. The molecule has 0 saturated carbocycles. The molecule has 0 radical (unpaired) electrons. The van der Waals surface area contributed by atoms with Crippen LogP contribution in [0.2, 0.25) is 10.0 Å². The van der Waals surface area contributed by atoms with E-state index >= 15 is 0 Å². The van der Waals surface area contributed by atoms with E-state index in [0.29, 0.717) is 34.1 Å². The highest BCUT2D eigenvalue weighted by Gasteiger charge is 2.17. The smallest absolute Gasteiger partial charge is 0.259 e. The highest BCUT2D eigenvalue weighted by molar-refractivity contribution is 6.36. The summed E-state index contributed by atoms with van der Waals surface area (Å²) in [7, 11) is 1.45. The molecule has 0 unspecified atom stereocenters. The Morgan fingerprint density at radius 1 is 1.10 bits per heavy atom. The van der Waals surface area contributed by atoms with Gasteiger partial charge in [0.25, 0.3) is 5.91 Å². The van der Waals surface area contributed by atoms with Gasteiger partial charge in [-0.1, -0.05) is 53.5 Å². The van der Waals surface area contributed by atoms with Crippen molar-refractivity contribution in [2.75, 3.05) is 12.4 Å². The topological polar surface area (TPSA) is 64.4 Å². The number of nitrogens with zero attached hydrogens (tertiary/aromatic N) is 1. The van der Waals surface area contributed by atoms with E-state index in [9.17, 15) is 4.79 Å². The molecule has 0 atom stereocenters. The number of carbonyl (C=O) groups excluding carboxylic acids is 1. The van der Waals surface area contributed by atoms with Gasteiger partial charge < -0.3 is 14.5 Å². The second-order valence-electron chi connectivity index (χ2n) is 6.38. The minimum atomic E-state index is -0.390. The van der Waals surface area contributed by atoms with Gasteiger partial charge in [0.2, 0.25) is 0 Å². The predicted molar refractivity (Wildman–Crippen MR) is 114 cm³/mol. The van der Waals surface area contributed by atoms with Gasteiger partial charge in [0, 0.05) is 17.1 Å². The Morgan fingerprint density at radius 2 is 1.90 bits per heavy atom. The average molecular weight is 427 g/mol. The summed E-state index contributed by atoms with van der Waals surface area (Å²) in [6.45, 7) is 0. The summed E-state index contributed by atoms with van der Waals surface area (Å²) in [5.41, 5.74) is 3.23. The molecular weight excluding hydrogens is 411 g/mol. The summed E-state index contributed by atoms with van der Waals surface area (Å²) in [4.78, 5) is 17.3. The molecular formula is C22H16Cl2N2O3. The zero-order valence-electron chi connectivity index (χ0n) is 15.4. The minimum Gasteiger partial charge on any atom is -0.494 e. The third-order valence-electron chi connectivity index (χ3n) is 4.35. The monoisotopic (exact) mass is 426 g/mol. The van der Waals surface area contributed by atoms with Gasteiger partial charge in [0.05, 0.1) is 17.7 Å². The van der Waals surface area contributed by atoms with Crippen molar-refractivity contribution in [1.82, 2.24) is 4.98 Å². The zero-order valence-corrected chi connectivity index (χ0v) is 16.9. The van der Waals surface area contributed by atoms with Gasteiger partial charge in [0.15, 0.2) is 11.5 Å². The van der Waals surface area contributed by atoms with Crippen LogP contribution in [0, 0.1) is 0 Å². The molecule has 29 heavy (non-hydrogen) atoms. The van der Waals surface area contributed by atoms with Crippen LogP contribution in [0.4, 0.5) is 5.69 Å². The van der Waals surface area contributed by atoms with Crippen molar-refractivity contribution in [3.63, 3.8) is 0 Å². The third-order valence-corrected chi connectivity index (χ3v) is 4.84. The fourth-order valence-electron chi connectivity index (χ4n) is 3.03. The molecule has 1 heterocycles. The molecule has 1 amide bonds. The molecule has 1 N–H and O–H groups in total. The quantitative estimate of drug-likeness (QED) is 0.425. The molecule has 0 fully saturated rings. The molecule has 1 aromatic heterocycles. The van der Waals surface area contributed by atoms with Crippen LogP contribution >= 0.6 is 23.2 Å². The van der Waals surface area contributed by atoms with Crippen molar-refractivity contribution in [2.24, 2.45) is 0 Å². The Bertz CT molecular complexity index is 1190. The van der Waals surface area contributed by atoms with Crippen LogP contribution in [0.1, 0.15) is 21.8 Å². The second-order valence-corrected chi connectivity index (χ2v) is 7.22. The van der Waals surface area contributed by atoms with Crippen LogP contribution in [-0.4, -0.2) is 18.0 Å². The van der Waals surface area contributed by atoms with E-state index in [-0.39, 0.29) is 16.3 Å². The molecule has 7 heteroatoms. The van der Waals surface area contributed by atoms with Gasteiger partial charge >= 0.3 is 0 Å². The van der Waals surface area contributed by atoms with Crippen LogP contribution < -0.4 is 10.1 Å². The van der Waals surface area contributed by atoms with Gasteiger partial charge in [-0.25, -0.2) is 4.98 Å². The molecule has 4 aromatic rings. The normalized spacial score (nSPS) is 10.9. The molecule has 3 aromatic carbocycles. The summed E-state index contributed by atoms with van der Waals surface area (Å²) < 4.78 is 11.0. The molecule has 0 aliphatic carbocycles. The number of halogens is 2. The van der Waals surface area contributed by atoms with Gasteiger partial charge in [-0.05, 0) is 35.9 Å². The first kappa shape index (κ1) is 19.3. The lowest BCUT2D eigenvalue weighted by Gasteiger charge is -2.11. The highest BCUT2D eigenvalue weighted by Crippen LogP contribution is 2.33. The van der Waals surface area contributed by atoms with Gasteiger partial charge in [-0.2, -0.15) is 0 Å². The Hall–Kier alpha value is -3.02. The van der Waals surface area contributed by atoms with E-state index in [0.717, 1.165) is 5.56 Å². The fraction of sp³-hybridized carbons (Fsp3) is 0.0909. The summed E-state index contributed by atoms with van der Waals surface area (Å²) in [6, 6.07) is 18.3.